The molecule has 156 valence electrons. The molecule has 4 heteroatoms. The number of nitrogens with one attached hydrogen (secondary N) is 1. The van der Waals surface area contributed by atoms with Crippen molar-refractivity contribution < 1.29 is 9.53 Å². The van der Waals surface area contributed by atoms with Gasteiger partial charge < -0.3 is 10.1 Å². The number of hydrogen-bond acceptors (Lipinski definition) is 3. The Bertz CT molecular complexity index is 972. The van der Waals surface area contributed by atoms with E-state index in [1.54, 1.807) is 0 Å². The quantitative estimate of drug-likeness (QED) is 0.582. The van der Waals surface area contributed by atoms with E-state index < -0.39 is 6.10 Å². The lowest BCUT2D eigenvalue weighted by molar-refractivity contribution is -0.128. The Morgan fingerprint density at radius 1 is 0.967 bits per heavy atom. The molecule has 4 nitrogen and oxygen atoms in total. The zero-order chi connectivity index (χ0) is 20.8. The van der Waals surface area contributed by atoms with E-state index in [0.29, 0.717) is 13.0 Å². The molecule has 1 unspecified atom stereocenters. The van der Waals surface area contributed by atoms with Gasteiger partial charge in [-0.05, 0) is 54.9 Å². The molecule has 3 aromatic carbocycles. The van der Waals surface area contributed by atoms with E-state index in [1.807, 2.05) is 37.3 Å². The van der Waals surface area contributed by atoms with E-state index in [9.17, 15) is 4.79 Å². The number of amides is 1. The summed E-state index contributed by atoms with van der Waals surface area (Å²) in [6, 6.07) is 22.6. The minimum absolute atomic E-state index is 0.0772. The third-order valence-electron chi connectivity index (χ3n) is 5.78. The van der Waals surface area contributed by atoms with Gasteiger partial charge in [0.25, 0.3) is 5.91 Å². The average molecular weight is 403 g/mol. The van der Waals surface area contributed by atoms with Crippen LogP contribution in [-0.2, 0) is 17.9 Å². The van der Waals surface area contributed by atoms with Gasteiger partial charge in [-0.3, -0.25) is 9.69 Å². The highest BCUT2D eigenvalue weighted by atomic mass is 16.5. The second-order valence-electron chi connectivity index (χ2n) is 8.01. The average Bonchev–Trinajstić information content (AvgIpc) is 3.30. The summed E-state index contributed by atoms with van der Waals surface area (Å²) in [6.45, 7) is 5.91. The number of carbonyl (C=O) groups is 1. The highest BCUT2D eigenvalue weighted by Crippen LogP contribution is 2.26. The summed E-state index contributed by atoms with van der Waals surface area (Å²) >= 11 is 0. The summed E-state index contributed by atoms with van der Waals surface area (Å²) in [6.07, 6.45) is 2.72. The van der Waals surface area contributed by atoms with Gasteiger partial charge in [0.15, 0.2) is 6.10 Å². The van der Waals surface area contributed by atoms with Crippen molar-refractivity contribution in [1.29, 1.82) is 0 Å². The second kappa shape index (κ2) is 9.77. The predicted octanol–water partition coefficient (Wildman–Crippen LogP) is 4.91. The number of fused-ring (bicyclic) bond motifs is 1. The fraction of sp³-hybridized carbons (Fsp3) is 0.346. The molecule has 0 radical (unpaired) electrons. The van der Waals surface area contributed by atoms with E-state index in [4.69, 9.17) is 4.74 Å². The lowest BCUT2D eigenvalue weighted by atomic mass is 10.1. The lowest BCUT2D eigenvalue weighted by Gasteiger charge is -2.19. The maximum atomic E-state index is 12.7. The van der Waals surface area contributed by atoms with E-state index in [-0.39, 0.29) is 5.91 Å². The van der Waals surface area contributed by atoms with Crippen molar-refractivity contribution in [3.8, 4) is 5.75 Å². The van der Waals surface area contributed by atoms with Gasteiger partial charge in [-0.1, -0.05) is 67.6 Å². The van der Waals surface area contributed by atoms with Crippen LogP contribution in [0.25, 0.3) is 10.8 Å². The first-order valence-corrected chi connectivity index (χ1v) is 11.0. The molecule has 1 aliphatic heterocycles. The third-order valence-corrected chi connectivity index (χ3v) is 5.78. The van der Waals surface area contributed by atoms with Crippen LogP contribution in [0, 0.1) is 0 Å². The van der Waals surface area contributed by atoms with E-state index in [0.717, 1.165) is 28.6 Å². The van der Waals surface area contributed by atoms with Crippen molar-refractivity contribution in [2.75, 3.05) is 13.1 Å². The zero-order valence-corrected chi connectivity index (χ0v) is 17.6. The van der Waals surface area contributed by atoms with Crippen LogP contribution in [0.4, 0.5) is 0 Å². The molecule has 0 aliphatic carbocycles. The summed E-state index contributed by atoms with van der Waals surface area (Å²) in [4.78, 5) is 15.2. The fourth-order valence-corrected chi connectivity index (χ4v) is 4.04. The van der Waals surface area contributed by atoms with Gasteiger partial charge >= 0.3 is 0 Å². The largest absolute Gasteiger partial charge is 0.480 e. The van der Waals surface area contributed by atoms with Crippen LogP contribution in [0.3, 0.4) is 0 Å². The smallest absolute Gasteiger partial charge is 0.261 e. The Labute approximate surface area is 178 Å². The Morgan fingerprint density at radius 3 is 2.43 bits per heavy atom. The lowest BCUT2D eigenvalue weighted by Crippen LogP contribution is -2.37. The number of ether oxygens (including phenoxy) is 1. The standard InChI is InChI=1S/C26H30N2O2/c1-2-24(30-25-11-7-9-22-8-3-4-10-23(22)25)26(29)27-18-20-12-14-21(15-13-20)19-28-16-5-6-17-28/h3-4,7-15,24H,2,5-6,16-19H2,1H3,(H,27,29). The second-order valence-corrected chi connectivity index (χ2v) is 8.01. The van der Waals surface area contributed by atoms with Crippen LogP contribution in [-0.4, -0.2) is 30.0 Å². The molecular formula is C26H30N2O2. The molecular weight excluding hydrogens is 372 g/mol. The molecule has 0 bridgehead atoms. The van der Waals surface area contributed by atoms with Crippen LogP contribution in [0.15, 0.2) is 66.7 Å². The van der Waals surface area contributed by atoms with Crippen LogP contribution < -0.4 is 10.1 Å². The third kappa shape index (κ3) is 5.00. The Balaban J connectivity index is 1.34. The first kappa shape index (κ1) is 20.4. The summed E-state index contributed by atoms with van der Waals surface area (Å²) in [5.41, 5.74) is 2.44. The highest BCUT2D eigenvalue weighted by molar-refractivity contribution is 5.89. The van der Waals surface area contributed by atoms with Crippen molar-refractivity contribution >= 4 is 16.7 Å². The van der Waals surface area contributed by atoms with Crippen LogP contribution >= 0.6 is 0 Å². The Morgan fingerprint density at radius 2 is 1.67 bits per heavy atom. The molecule has 4 rings (SSSR count). The molecule has 1 atom stereocenters. The van der Waals surface area contributed by atoms with E-state index in [1.165, 1.54) is 31.5 Å². The minimum Gasteiger partial charge on any atom is -0.480 e. The molecule has 1 fully saturated rings. The molecule has 3 aromatic rings. The first-order valence-electron chi connectivity index (χ1n) is 11.0. The molecule has 0 saturated carbocycles. The number of likely N-dealkylation sites (tertiary alicyclic amines) is 1. The Hall–Kier alpha value is -2.85. The highest BCUT2D eigenvalue weighted by Gasteiger charge is 2.19. The molecule has 1 N–H and O–H groups in total. The summed E-state index contributed by atoms with van der Waals surface area (Å²) in [7, 11) is 0. The molecule has 0 aromatic heterocycles. The number of hydrogen-bond donors (Lipinski definition) is 1. The minimum atomic E-state index is -0.509. The van der Waals surface area contributed by atoms with Gasteiger partial charge in [-0.25, -0.2) is 0 Å². The maximum Gasteiger partial charge on any atom is 0.261 e. The molecule has 1 heterocycles. The monoisotopic (exact) mass is 402 g/mol. The van der Waals surface area contributed by atoms with Crippen LogP contribution in [0.5, 0.6) is 5.75 Å². The molecule has 1 aliphatic rings. The number of benzene rings is 3. The summed E-state index contributed by atoms with van der Waals surface area (Å²) in [5, 5.41) is 5.17. The van der Waals surface area contributed by atoms with Crippen molar-refractivity contribution in [3.63, 3.8) is 0 Å². The van der Waals surface area contributed by atoms with E-state index >= 15 is 0 Å². The topological polar surface area (TPSA) is 41.6 Å². The number of rotatable bonds is 8. The van der Waals surface area contributed by atoms with Crippen molar-refractivity contribution in [2.24, 2.45) is 0 Å². The summed E-state index contributed by atoms with van der Waals surface area (Å²) < 4.78 is 6.10. The van der Waals surface area contributed by atoms with Crippen LogP contribution in [0.1, 0.15) is 37.3 Å². The fourth-order valence-electron chi connectivity index (χ4n) is 4.04. The summed E-state index contributed by atoms with van der Waals surface area (Å²) in [5.74, 6) is 0.674. The Kier molecular flexibility index (Phi) is 6.65. The normalized spacial score (nSPS) is 15.2. The predicted molar refractivity (Wildman–Crippen MR) is 121 cm³/mol. The van der Waals surface area contributed by atoms with Gasteiger partial charge in [0, 0.05) is 18.5 Å². The zero-order valence-electron chi connectivity index (χ0n) is 17.6. The van der Waals surface area contributed by atoms with Gasteiger partial charge in [0.2, 0.25) is 0 Å². The van der Waals surface area contributed by atoms with Gasteiger partial charge in [-0.2, -0.15) is 0 Å². The SMILES string of the molecule is CCC(Oc1cccc2ccccc12)C(=O)NCc1ccc(CN2CCCC2)cc1. The van der Waals surface area contributed by atoms with Gasteiger partial charge in [-0.15, -0.1) is 0 Å². The van der Waals surface area contributed by atoms with Crippen LogP contribution in [0.2, 0.25) is 0 Å². The van der Waals surface area contributed by atoms with Crippen molar-refractivity contribution in [1.82, 2.24) is 10.2 Å². The molecule has 1 amide bonds. The molecule has 0 spiro atoms. The van der Waals surface area contributed by atoms with E-state index in [2.05, 4.69) is 46.6 Å². The number of nitrogens with zero attached hydrogens (tertiary/aromatic N) is 1. The molecule has 1 saturated heterocycles. The maximum absolute atomic E-state index is 12.7. The number of carbonyl (C=O) groups excluding carboxylic acids is 1. The first-order chi connectivity index (χ1) is 14.7. The van der Waals surface area contributed by atoms with Gasteiger partial charge in [0.1, 0.15) is 5.75 Å². The van der Waals surface area contributed by atoms with Crippen molar-refractivity contribution in [2.45, 2.75) is 45.4 Å². The van der Waals surface area contributed by atoms with Crippen molar-refractivity contribution in [3.05, 3.63) is 77.9 Å². The molecule has 30 heavy (non-hydrogen) atoms. The van der Waals surface area contributed by atoms with Gasteiger partial charge in [0.05, 0.1) is 0 Å².